The van der Waals surface area contributed by atoms with Crippen molar-refractivity contribution in [3.63, 3.8) is 0 Å². The van der Waals surface area contributed by atoms with Gasteiger partial charge in [-0.2, -0.15) is 5.10 Å². The molecule has 0 unspecified atom stereocenters. The van der Waals surface area contributed by atoms with Crippen molar-refractivity contribution in [1.29, 1.82) is 0 Å². The SMILES string of the molecule is CCn1nc2c(cc1=O)CN(Cc1nnnn1C1CC1)CC2. The third-order valence-corrected chi connectivity index (χ3v) is 4.34. The second kappa shape index (κ2) is 5.28. The highest BCUT2D eigenvalue weighted by Crippen LogP contribution is 2.34. The zero-order valence-electron chi connectivity index (χ0n) is 12.6. The lowest BCUT2D eigenvalue weighted by Crippen LogP contribution is -2.35. The van der Waals surface area contributed by atoms with Gasteiger partial charge in [-0.05, 0) is 35.8 Å². The van der Waals surface area contributed by atoms with E-state index in [2.05, 4.69) is 25.5 Å². The quantitative estimate of drug-likeness (QED) is 0.799. The summed E-state index contributed by atoms with van der Waals surface area (Å²) >= 11 is 0. The topological polar surface area (TPSA) is 81.7 Å². The van der Waals surface area contributed by atoms with Gasteiger partial charge in [0, 0.05) is 32.1 Å². The van der Waals surface area contributed by atoms with E-state index < -0.39 is 0 Å². The Kier molecular flexibility index (Phi) is 3.25. The Morgan fingerprint density at radius 2 is 2.23 bits per heavy atom. The Balaban J connectivity index is 1.53. The summed E-state index contributed by atoms with van der Waals surface area (Å²) < 4.78 is 3.48. The molecule has 0 spiro atoms. The largest absolute Gasteiger partial charge is 0.291 e. The molecule has 0 amide bonds. The van der Waals surface area contributed by atoms with Crippen LogP contribution < -0.4 is 5.56 Å². The van der Waals surface area contributed by atoms with Gasteiger partial charge < -0.3 is 0 Å². The van der Waals surface area contributed by atoms with E-state index in [1.54, 1.807) is 6.07 Å². The van der Waals surface area contributed by atoms with E-state index >= 15 is 0 Å². The molecule has 3 heterocycles. The van der Waals surface area contributed by atoms with Crippen LogP contribution in [-0.2, 0) is 26.1 Å². The van der Waals surface area contributed by atoms with E-state index in [9.17, 15) is 4.79 Å². The van der Waals surface area contributed by atoms with Gasteiger partial charge in [0.1, 0.15) is 0 Å². The average Bonchev–Trinajstić information content (AvgIpc) is 3.26. The molecule has 8 heteroatoms. The Hall–Kier alpha value is -2.09. The Labute approximate surface area is 127 Å². The van der Waals surface area contributed by atoms with Gasteiger partial charge in [0.05, 0.1) is 18.3 Å². The maximum Gasteiger partial charge on any atom is 0.267 e. The van der Waals surface area contributed by atoms with E-state index in [1.807, 2.05) is 11.6 Å². The summed E-state index contributed by atoms with van der Waals surface area (Å²) in [5, 5.41) is 16.5. The second-order valence-corrected chi connectivity index (χ2v) is 6.00. The van der Waals surface area contributed by atoms with Gasteiger partial charge in [-0.15, -0.1) is 5.10 Å². The fourth-order valence-electron chi connectivity index (χ4n) is 2.98. The Bertz CT molecular complexity index is 746. The summed E-state index contributed by atoms with van der Waals surface area (Å²) in [5.41, 5.74) is 2.05. The molecule has 2 aromatic heterocycles. The monoisotopic (exact) mass is 301 g/mol. The summed E-state index contributed by atoms with van der Waals surface area (Å²) in [4.78, 5) is 14.2. The molecule has 1 saturated carbocycles. The van der Waals surface area contributed by atoms with Crippen LogP contribution in [0.1, 0.15) is 42.9 Å². The van der Waals surface area contributed by atoms with Crippen molar-refractivity contribution in [2.45, 2.75) is 51.9 Å². The molecule has 0 saturated heterocycles. The standard InChI is InChI=1S/C14H19N7O/c1-2-20-14(22)7-10-8-19(6-5-12(10)16-20)9-13-15-17-18-21(13)11-3-4-11/h7,11H,2-6,8-9H2,1H3. The van der Waals surface area contributed by atoms with Crippen LogP contribution in [0, 0.1) is 0 Å². The van der Waals surface area contributed by atoms with Crippen molar-refractivity contribution >= 4 is 0 Å². The van der Waals surface area contributed by atoms with Gasteiger partial charge in [0.15, 0.2) is 5.82 Å². The molecule has 1 fully saturated rings. The van der Waals surface area contributed by atoms with Gasteiger partial charge in [0.25, 0.3) is 5.56 Å². The highest BCUT2D eigenvalue weighted by atomic mass is 16.1. The van der Waals surface area contributed by atoms with Crippen LogP contribution in [0.4, 0.5) is 0 Å². The summed E-state index contributed by atoms with van der Waals surface area (Å²) in [6, 6.07) is 2.21. The first kappa shape index (κ1) is 13.6. The lowest BCUT2D eigenvalue weighted by Gasteiger charge is -2.27. The van der Waals surface area contributed by atoms with Crippen LogP contribution in [-0.4, -0.2) is 41.4 Å². The molecular weight excluding hydrogens is 282 g/mol. The number of aryl methyl sites for hydroxylation is 1. The maximum absolute atomic E-state index is 11.9. The number of nitrogens with zero attached hydrogens (tertiary/aromatic N) is 7. The fraction of sp³-hybridized carbons (Fsp3) is 0.643. The van der Waals surface area contributed by atoms with Crippen molar-refractivity contribution < 1.29 is 0 Å². The van der Waals surface area contributed by atoms with Crippen molar-refractivity contribution in [1.82, 2.24) is 34.9 Å². The minimum Gasteiger partial charge on any atom is -0.291 e. The predicted octanol–water partition coefficient (Wildman–Crippen LogP) is 0.143. The highest BCUT2D eigenvalue weighted by Gasteiger charge is 2.29. The summed E-state index contributed by atoms with van der Waals surface area (Å²) in [7, 11) is 0. The van der Waals surface area contributed by atoms with Crippen molar-refractivity contribution in [3.8, 4) is 0 Å². The summed E-state index contributed by atoms with van der Waals surface area (Å²) in [6.07, 6.45) is 3.20. The molecule has 2 aliphatic rings. The molecule has 0 bridgehead atoms. The normalized spacial score (nSPS) is 18.4. The number of tetrazole rings is 1. The predicted molar refractivity (Wildman–Crippen MR) is 78.1 cm³/mol. The number of hydrogen-bond acceptors (Lipinski definition) is 6. The van der Waals surface area contributed by atoms with E-state index in [4.69, 9.17) is 0 Å². The third-order valence-electron chi connectivity index (χ3n) is 4.34. The molecule has 8 nitrogen and oxygen atoms in total. The molecule has 0 radical (unpaired) electrons. The molecule has 0 N–H and O–H groups in total. The van der Waals surface area contributed by atoms with Gasteiger partial charge >= 0.3 is 0 Å². The average molecular weight is 301 g/mol. The number of fused-ring (bicyclic) bond motifs is 1. The van der Waals surface area contributed by atoms with E-state index in [0.717, 1.165) is 43.1 Å². The Morgan fingerprint density at radius 1 is 1.36 bits per heavy atom. The molecule has 1 aliphatic heterocycles. The van der Waals surface area contributed by atoms with Gasteiger partial charge in [0.2, 0.25) is 0 Å². The van der Waals surface area contributed by atoms with Crippen LogP contribution in [0.5, 0.6) is 0 Å². The van der Waals surface area contributed by atoms with Gasteiger partial charge in [-0.25, -0.2) is 9.36 Å². The van der Waals surface area contributed by atoms with Crippen molar-refractivity contribution in [2.75, 3.05) is 6.54 Å². The second-order valence-electron chi connectivity index (χ2n) is 6.00. The smallest absolute Gasteiger partial charge is 0.267 e. The third kappa shape index (κ3) is 2.43. The Morgan fingerprint density at radius 3 is 3.00 bits per heavy atom. The van der Waals surface area contributed by atoms with Crippen LogP contribution in [0.25, 0.3) is 0 Å². The minimum atomic E-state index is -0.0223. The van der Waals surface area contributed by atoms with Crippen molar-refractivity contribution in [3.05, 3.63) is 33.5 Å². The van der Waals surface area contributed by atoms with Gasteiger partial charge in [-0.1, -0.05) is 0 Å². The number of rotatable bonds is 4. The number of hydrogen-bond donors (Lipinski definition) is 0. The van der Waals surface area contributed by atoms with Crippen LogP contribution >= 0.6 is 0 Å². The molecule has 0 atom stereocenters. The molecule has 4 rings (SSSR count). The highest BCUT2D eigenvalue weighted by molar-refractivity contribution is 5.20. The lowest BCUT2D eigenvalue weighted by molar-refractivity contribution is 0.230. The fourth-order valence-corrected chi connectivity index (χ4v) is 2.98. The van der Waals surface area contributed by atoms with Crippen LogP contribution in [0.15, 0.2) is 10.9 Å². The first-order valence-corrected chi connectivity index (χ1v) is 7.83. The first-order valence-electron chi connectivity index (χ1n) is 7.83. The molecule has 1 aliphatic carbocycles. The summed E-state index contributed by atoms with van der Waals surface area (Å²) in [5.74, 6) is 0.917. The van der Waals surface area contributed by atoms with E-state index in [1.165, 1.54) is 17.5 Å². The zero-order valence-corrected chi connectivity index (χ0v) is 12.6. The van der Waals surface area contributed by atoms with Crippen LogP contribution in [0.2, 0.25) is 0 Å². The molecule has 116 valence electrons. The summed E-state index contributed by atoms with van der Waals surface area (Å²) in [6.45, 7) is 4.93. The molecule has 2 aromatic rings. The van der Waals surface area contributed by atoms with Crippen LogP contribution in [0.3, 0.4) is 0 Å². The maximum atomic E-state index is 11.9. The van der Waals surface area contributed by atoms with E-state index in [-0.39, 0.29) is 5.56 Å². The van der Waals surface area contributed by atoms with Crippen molar-refractivity contribution in [2.24, 2.45) is 0 Å². The lowest BCUT2D eigenvalue weighted by atomic mass is 10.1. The number of aromatic nitrogens is 6. The minimum absolute atomic E-state index is 0.0223. The van der Waals surface area contributed by atoms with E-state index in [0.29, 0.717) is 12.6 Å². The zero-order chi connectivity index (χ0) is 15.1. The van der Waals surface area contributed by atoms with Gasteiger partial charge in [-0.3, -0.25) is 9.69 Å². The molecular formula is C14H19N7O. The first-order chi connectivity index (χ1) is 10.7. The molecule has 0 aromatic carbocycles. The molecule has 22 heavy (non-hydrogen) atoms.